The highest BCUT2D eigenvalue weighted by molar-refractivity contribution is 5.07. The van der Waals surface area contributed by atoms with Crippen molar-refractivity contribution in [3.63, 3.8) is 0 Å². The number of rotatable bonds is 4. The van der Waals surface area contributed by atoms with E-state index in [0.29, 0.717) is 12.1 Å². The van der Waals surface area contributed by atoms with E-state index in [2.05, 4.69) is 40.4 Å². The molecule has 2 unspecified atom stereocenters. The number of hydrogen-bond donors (Lipinski definition) is 1. The Kier molecular flexibility index (Phi) is 4.37. The third kappa shape index (κ3) is 2.91. The molecule has 0 radical (unpaired) electrons. The maximum atomic E-state index is 4.27. The molecule has 1 N–H and O–H groups in total. The summed E-state index contributed by atoms with van der Waals surface area (Å²) in [6, 6.07) is 3.08. The van der Waals surface area contributed by atoms with Crippen molar-refractivity contribution < 1.29 is 0 Å². The average molecular weight is 251 g/mol. The van der Waals surface area contributed by atoms with Gasteiger partial charge in [0.1, 0.15) is 0 Å². The smallest absolute Gasteiger partial charge is 0.0550 e. The minimum Gasteiger partial charge on any atom is -0.312 e. The third-order valence-electron chi connectivity index (χ3n) is 4.05. The van der Waals surface area contributed by atoms with Crippen molar-refractivity contribution in [2.75, 3.05) is 40.8 Å². The van der Waals surface area contributed by atoms with Crippen LogP contribution in [0.2, 0.25) is 0 Å². The van der Waals surface area contributed by atoms with Crippen molar-refractivity contribution >= 4 is 0 Å². The zero-order valence-electron chi connectivity index (χ0n) is 11.9. The molecule has 0 saturated carbocycles. The molecule has 2 heterocycles. The number of nitrogens with zero attached hydrogens (tertiary/aromatic N) is 4. The maximum absolute atomic E-state index is 4.27. The van der Waals surface area contributed by atoms with E-state index in [0.717, 1.165) is 19.5 Å². The normalized spacial score (nSPS) is 24.3. The molecule has 1 fully saturated rings. The van der Waals surface area contributed by atoms with Crippen molar-refractivity contribution in [3.8, 4) is 0 Å². The van der Waals surface area contributed by atoms with Gasteiger partial charge in [0.2, 0.25) is 0 Å². The van der Waals surface area contributed by atoms with Crippen LogP contribution in [0, 0.1) is 0 Å². The van der Waals surface area contributed by atoms with Gasteiger partial charge >= 0.3 is 0 Å². The van der Waals surface area contributed by atoms with Gasteiger partial charge in [0, 0.05) is 38.9 Å². The minimum atomic E-state index is 0.372. The van der Waals surface area contributed by atoms with Gasteiger partial charge < -0.3 is 15.1 Å². The zero-order valence-corrected chi connectivity index (χ0v) is 11.9. The second-order valence-electron chi connectivity index (χ2n) is 5.35. The molecule has 0 spiro atoms. The Balaban J connectivity index is 2.04. The van der Waals surface area contributed by atoms with Gasteiger partial charge in [-0.05, 0) is 33.6 Å². The van der Waals surface area contributed by atoms with Crippen molar-refractivity contribution in [2.24, 2.45) is 7.05 Å². The number of piperazine rings is 1. The Hall–Kier alpha value is -0.910. The fourth-order valence-electron chi connectivity index (χ4n) is 2.74. The molecule has 1 saturated heterocycles. The predicted octanol–water partition coefficient (Wildman–Crippen LogP) is 0.317. The van der Waals surface area contributed by atoms with Gasteiger partial charge in [-0.1, -0.05) is 0 Å². The standard InChI is InChI=1S/C13H25N5/c1-14-12(13-5-6-15-18(13)4)9-11-10-16(2)7-8-17(11)3/h5-6,11-12,14H,7-10H2,1-4H3. The van der Waals surface area contributed by atoms with Crippen LogP contribution in [0.3, 0.4) is 0 Å². The van der Waals surface area contributed by atoms with Crippen LogP contribution in [-0.4, -0.2) is 66.4 Å². The van der Waals surface area contributed by atoms with E-state index in [1.54, 1.807) is 0 Å². The summed E-state index contributed by atoms with van der Waals surface area (Å²) in [5.74, 6) is 0. The Labute approximate surface area is 110 Å². The first-order valence-electron chi connectivity index (χ1n) is 6.65. The summed E-state index contributed by atoms with van der Waals surface area (Å²) < 4.78 is 1.97. The van der Waals surface area contributed by atoms with Gasteiger partial charge in [-0.15, -0.1) is 0 Å². The van der Waals surface area contributed by atoms with Crippen molar-refractivity contribution in [3.05, 3.63) is 18.0 Å². The molecular formula is C13H25N5. The summed E-state index contributed by atoms with van der Waals surface area (Å²) in [6.45, 7) is 3.47. The Morgan fingerprint density at radius 3 is 2.78 bits per heavy atom. The van der Waals surface area contributed by atoms with Crippen LogP contribution in [0.5, 0.6) is 0 Å². The van der Waals surface area contributed by atoms with E-state index in [4.69, 9.17) is 0 Å². The average Bonchev–Trinajstić information content (AvgIpc) is 2.77. The maximum Gasteiger partial charge on any atom is 0.0550 e. The molecule has 1 aliphatic heterocycles. The van der Waals surface area contributed by atoms with Crippen LogP contribution >= 0.6 is 0 Å². The lowest BCUT2D eigenvalue weighted by atomic mass is 10.0. The van der Waals surface area contributed by atoms with E-state index in [1.165, 1.54) is 12.2 Å². The number of likely N-dealkylation sites (N-methyl/N-ethyl adjacent to an activating group) is 2. The second kappa shape index (κ2) is 5.82. The molecule has 1 aromatic rings. The van der Waals surface area contributed by atoms with Crippen LogP contribution < -0.4 is 5.32 Å². The van der Waals surface area contributed by atoms with Crippen LogP contribution in [0.1, 0.15) is 18.2 Å². The summed E-state index contributed by atoms with van der Waals surface area (Å²) in [7, 11) is 8.48. The van der Waals surface area contributed by atoms with E-state index < -0.39 is 0 Å². The number of aromatic nitrogens is 2. The summed E-state index contributed by atoms with van der Waals surface area (Å²) in [6.07, 6.45) is 2.99. The quantitative estimate of drug-likeness (QED) is 0.836. The zero-order chi connectivity index (χ0) is 13.1. The van der Waals surface area contributed by atoms with E-state index in [1.807, 2.05) is 25.0 Å². The van der Waals surface area contributed by atoms with E-state index in [9.17, 15) is 0 Å². The predicted molar refractivity (Wildman–Crippen MR) is 73.5 cm³/mol. The van der Waals surface area contributed by atoms with Crippen LogP contribution in [0.25, 0.3) is 0 Å². The van der Waals surface area contributed by atoms with Gasteiger partial charge in [0.25, 0.3) is 0 Å². The van der Waals surface area contributed by atoms with Crippen molar-refractivity contribution in [2.45, 2.75) is 18.5 Å². The first-order chi connectivity index (χ1) is 8.61. The molecule has 1 aromatic heterocycles. The molecule has 5 nitrogen and oxygen atoms in total. The monoisotopic (exact) mass is 251 g/mol. The topological polar surface area (TPSA) is 36.3 Å². The highest BCUT2D eigenvalue weighted by atomic mass is 15.3. The van der Waals surface area contributed by atoms with E-state index >= 15 is 0 Å². The fraction of sp³-hybridized carbons (Fsp3) is 0.769. The molecule has 102 valence electrons. The Morgan fingerprint density at radius 2 is 2.17 bits per heavy atom. The molecule has 2 atom stereocenters. The largest absolute Gasteiger partial charge is 0.312 e. The van der Waals surface area contributed by atoms with Gasteiger partial charge in [0.15, 0.2) is 0 Å². The molecule has 0 amide bonds. The molecule has 0 aliphatic carbocycles. The third-order valence-corrected chi connectivity index (χ3v) is 4.05. The van der Waals surface area contributed by atoms with Crippen molar-refractivity contribution in [1.82, 2.24) is 24.9 Å². The van der Waals surface area contributed by atoms with Gasteiger partial charge in [-0.3, -0.25) is 4.68 Å². The lowest BCUT2D eigenvalue weighted by Crippen LogP contribution is -2.51. The lowest BCUT2D eigenvalue weighted by molar-refractivity contribution is 0.101. The molecule has 1 aliphatic rings. The molecule has 0 bridgehead atoms. The first-order valence-corrected chi connectivity index (χ1v) is 6.65. The fourth-order valence-corrected chi connectivity index (χ4v) is 2.74. The molecule has 0 aromatic carbocycles. The first kappa shape index (κ1) is 13.5. The molecule has 18 heavy (non-hydrogen) atoms. The SMILES string of the molecule is CNC(CC1CN(C)CCN1C)c1ccnn1C. The highest BCUT2D eigenvalue weighted by Crippen LogP contribution is 2.21. The number of nitrogens with one attached hydrogen (secondary N) is 1. The summed E-state index contributed by atoms with van der Waals surface area (Å²) in [4.78, 5) is 4.89. The molecule has 2 rings (SSSR count). The lowest BCUT2D eigenvalue weighted by Gasteiger charge is -2.39. The Morgan fingerprint density at radius 1 is 1.39 bits per heavy atom. The van der Waals surface area contributed by atoms with Gasteiger partial charge in [-0.2, -0.15) is 5.10 Å². The highest BCUT2D eigenvalue weighted by Gasteiger charge is 2.26. The van der Waals surface area contributed by atoms with E-state index in [-0.39, 0.29) is 0 Å². The van der Waals surface area contributed by atoms with Gasteiger partial charge in [0.05, 0.1) is 11.7 Å². The summed E-state index contributed by atoms with van der Waals surface area (Å²) in [5, 5.41) is 7.69. The van der Waals surface area contributed by atoms with Crippen LogP contribution in [0.4, 0.5) is 0 Å². The number of aryl methyl sites for hydroxylation is 1. The molecule has 5 heteroatoms. The summed E-state index contributed by atoms with van der Waals surface area (Å²) in [5.41, 5.74) is 1.26. The second-order valence-corrected chi connectivity index (χ2v) is 5.35. The Bertz CT molecular complexity index is 375. The molecular weight excluding hydrogens is 226 g/mol. The minimum absolute atomic E-state index is 0.372. The number of hydrogen-bond acceptors (Lipinski definition) is 4. The van der Waals surface area contributed by atoms with Crippen LogP contribution in [0.15, 0.2) is 12.3 Å². The van der Waals surface area contributed by atoms with Crippen LogP contribution in [-0.2, 0) is 7.05 Å². The van der Waals surface area contributed by atoms with Crippen molar-refractivity contribution in [1.29, 1.82) is 0 Å². The summed E-state index contributed by atoms with van der Waals surface area (Å²) >= 11 is 0. The van der Waals surface area contributed by atoms with Gasteiger partial charge in [-0.25, -0.2) is 0 Å².